The van der Waals surface area contributed by atoms with E-state index in [0.717, 1.165) is 37.8 Å². The second kappa shape index (κ2) is 10.2. The summed E-state index contributed by atoms with van der Waals surface area (Å²) in [5.74, 6) is -4.32. The van der Waals surface area contributed by atoms with E-state index < -0.39 is 41.4 Å². The number of carbonyl (C=O) groups excluding carboxylic acids is 4. The molecular weight excluding hydrogens is 583 g/mol. The molecule has 1 saturated heterocycles. The highest BCUT2D eigenvalue weighted by atomic mass is 35.5. The number of hydrogen-bond acceptors (Lipinski definition) is 4. The summed E-state index contributed by atoms with van der Waals surface area (Å²) in [4.78, 5) is 57.2. The Morgan fingerprint density at radius 3 is 1.70 bits per heavy atom. The van der Waals surface area contributed by atoms with E-state index in [-0.39, 0.29) is 22.4 Å². The van der Waals surface area contributed by atoms with Gasteiger partial charge in [-0.25, -0.2) is 5.01 Å². The highest BCUT2D eigenvalue weighted by Gasteiger charge is 2.63. The van der Waals surface area contributed by atoms with Gasteiger partial charge in [-0.05, 0) is 54.3 Å². The van der Waals surface area contributed by atoms with Crippen LogP contribution in [0.2, 0.25) is 10.0 Å². The van der Waals surface area contributed by atoms with Crippen LogP contribution in [0, 0.1) is 18.8 Å². The fourth-order valence-corrected chi connectivity index (χ4v) is 7.66. The second-order valence-electron chi connectivity index (χ2n) is 11.4. The summed E-state index contributed by atoms with van der Waals surface area (Å²) in [6.45, 7) is 3.44. The Morgan fingerprint density at radius 1 is 0.744 bits per heavy atom. The highest BCUT2D eigenvalue weighted by molar-refractivity contribution is 6.36. The van der Waals surface area contributed by atoms with Crippen molar-refractivity contribution in [3.8, 4) is 0 Å². The first kappa shape index (κ1) is 27.6. The van der Waals surface area contributed by atoms with Crippen LogP contribution in [-0.4, -0.2) is 39.6 Å². The van der Waals surface area contributed by atoms with Gasteiger partial charge in [-0.2, -0.15) is 5.01 Å². The Balaban J connectivity index is 1.37. The number of aryl methyl sites for hydroxylation is 1. The fraction of sp³-hybridized carbons (Fsp3) is 0.200. The van der Waals surface area contributed by atoms with Crippen LogP contribution in [0.25, 0.3) is 0 Å². The van der Waals surface area contributed by atoms with Crippen molar-refractivity contribution in [3.05, 3.63) is 140 Å². The van der Waals surface area contributed by atoms with Gasteiger partial charge < -0.3 is 0 Å². The molecule has 8 heteroatoms. The number of hydrazine groups is 1. The van der Waals surface area contributed by atoms with Gasteiger partial charge in [0.15, 0.2) is 5.78 Å². The van der Waals surface area contributed by atoms with E-state index in [2.05, 4.69) is 0 Å². The molecule has 0 spiro atoms. The smallest absolute Gasteiger partial charge is 0.275 e. The van der Waals surface area contributed by atoms with Crippen molar-refractivity contribution in [3.63, 3.8) is 0 Å². The molecule has 0 radical (unpaired) electrons. The highest BCUT2D eigenvalue weighted by Crippen LogP contribution is 2.61. The molecule has 6 nitrogen and oxygen atoms in total. The van der Waals surface area contributed by atoms with Crippen LogP contribution in [0.4, 0.5) is 0 Å². The van der Waals surface area contributed by atoms with E-state index in [1.807, 2.05) is 55.5 Å². The monoisotopic (exact) mass is 608 g/mol. The number of ketones is 1. The Bertz CT molecular complexity index is 1740. The SMILES string of the molecule is Cc1ccc(C(=O)[C@H](C)N(C(=O)c2ccc(Cl)cc2Cl)N2C(=O)[C@@H]3C4c5ccccc5C(c5ccccc54)[C@H]3C2=O)cc1. The molecule has 0 unspecified atom stereocenters. The van der Waals surface area contributed by atoms with Gasteiger partial charge in [0, 0.05) is 22.4 Å². The number of halogens is 2. The van der Waals surface area contributed by atoms with Crippen molar-refractivity contribution in [2.24, 2.45) is 11.8 Å². The lowest BCUT2D eigenvalue weighted by Crippen LogP contribution is -2.56. The van der Waals surface area contributed by atoms with Gasteiger partial charge in [-0.3, -0.25) is 19.2 Å². The molecule has 1 fully saturated rings. The van der Waals surface area contributed by atoms with E-state index in [1.165, 1.54) is 25.1 Å². The minimum atomic E-state index is -1.20. The van der Waals surface area contributed by atoms with Gasteiger partial charge in [0.2, 0.25) is 0 Å². The number of imide groups is 1. The quantitative estimate of drug-likeness (QED) is 0.184. The first-order valence-electron chi connectivity index (χ1n) is 14.1. The molecule has 214 valence electrons. The summed E-state index contributed by atoms with van der Waals surface area (Å²) < 4.78 is 0. The molecule has 0 aromatic heterocycles. The zero-order chi connectivity index (χ0) is 30.2. The van der Waals surface area contributed by atoms with Crippen molar-refractivity contribution in [2.45, 2.75) is 31.7 Å². The summed E-state index contributed by atoms with van der Waals surface area (Å²) in [7, 11) is 0. The number of carbonyl (C=O) groups is 4. The molecule has 0 N–H and O–H groups in total. The maximum absolute atomic E-state index is 14.5. The van der Waals surface area contributed by atoms with E-state index >= 15 is 0 Å². The second-order valence-corrected chi connectivity index (χ2v) is 12.3. The Kier molecular flexibility index (Phi) is 6.53. The zero-order valence-corrected chi connectivity index (χ0v) is 24.8. The molecule has 8 rings (SSSR count). The minimum Gasteiger partial charge on any atom is -0.292 e. The molecule has 4 aromatic rings. The van der Waals surface area contributed by atoms with E-state index in [0.29, 0.717) is 10.6 Å². The average molecular weight is 610 g/mol. The molecule has 1 aliphatic heterocycles. The number of amides is 3. The van der Waals surface area contributed by atoms with Gasteiger partial charge in [0.25, 0.3) is 17.7 Å². The van der Waals surface area contributed by atoms with Crippen LogP contribution in [-0.2, 0) is 9.59 Å². The molecule has 1 heterocycles. The number of Topliss-reactive ketones (excluding diaryl/α,β-unsaturated/α-hetero) is 1. The zero-order valence-electron chi connectivity index (χ0n) is 23.3. The molecule has 4 aliphatic rings. The summed E-state index contributed by atoms with van der Waals surface area (Å²) in [5, 5.41) is 2.31. The van der Waals surface area contributed by atoms with Crippen LogP contribution in [0.3, 0.4) is 0 Å². The summed E-state index contributed by atoms with van der Waals surface area (Å²) in [5.41, 5.74) is 5.40. The summed E-state index contributed by atoms with van der Waals surface area (Å²) in [6, 6.07) is 25.9. The normalized spacial score (nSPS) is 22.1. The fourth-order valence-electron chi connectivity index (χ4n) is 7.17. The van der Waals surface area contributed by atoms with Gasteiger partial charge in [0.1, 0.15) is 6.04 Å². The predicted molar refractivity (Wildman–Crippen MR) is 163 cm³/mol. The van der Waals surface area contributed by atoms with Crippen molar-refractivity contribution >= 4 is 46.7 Å². The molecule has 4 aromatic carbocycles. The first-order chi connectivity index (χ1) is 20.7. The average Bonchev–Trinajstić information content (AvgIpc) is 3.27. The largest absolute Gasteiger partial charge is 0.292 e. The van der Waals surface area contributed by atoms with Gasteiger partial charge in [0.05, 0.1) is 22.4 Å². The Hall–Kier alpha value is -4.26. The van der Waals surface area contributed by atoms with Crippen LogP contribution < -0.4 is 0 Å². The summed E-state index contributed by atoms with van der Waals surface area (Å²) >= 11 is 12.6. The molecular formula is C35H26Cl2N2O4. The van der Waals surface area contributed by atoms with Crippen LogP contribution >= 0.6 is 23.2 Å². The third-order valence-electron chi connectivity index (χ3n) is 9.09. The van der Waals surface area contributed by atoms with Crippen molar-refractivity contribution in [2.75, 3.05) is 0 Å². The lowest BCUT2D eigenvalue weighted by molar-refractivity contribution is -0.156. The molecule has 43 heavy (non-hydrogen) atoms. The van der Waals surface area contributed by atoms with E-state index in [4.69, 9.17) is 23.2 Å². The van der Waals surface area contributed by atoms with E-state index in [9.17, 15) is 19.2 Å². The van der Waals surface area contributed by atoms with Gasteiger partial charge >= 0.3 is 0 Å². The number of rotatable bonds is 5. The number of nitrogens with zero attached hydrogens (tertiary/aromatic N) is 2. The van der Waals surface area contributed by atoms with Crippen molar-refractivity contribution in [1.82, 2.24) is 10.0 Å². The minimum absolute atomic E-state index is 0.0274. The van der Waals surface area contributed by atoms with Gasteiger partial charge in [-0.15, -0.1) is 0 Å². The first-order valence-corrected chi connectivity index (χ1v) is 14.9. The molecule has 3 atom stereocenters. The third kappa shape index (κ3) is 4.08. The topological polar surface area (TPSA) is 74.8 Å². The maximum Gasteiger partial charge on any atom is 0.275 e. The molecule has 3 amide bonds. The molecule has 3 aliphatic carbocycles. The molecule has 2 bridgehead atoms. The van der Waals surface area contributed by atoms with E-state index in [1.54, 1.807) is 24.3 Å². The van der Waals surface area contributed by atoms with Crippen molar-refractivity contribution < 1.29 is 19.2 Å². The predicted octanol–water partition coefficient (Wildman–Crippen LogP) is 6.82. The number of hydrogen-bond donors (Lipinski definition) is 0. The van der Waals surface area contributed by atoms with Gasteiger partial charge in [-0.1, -0.05) is 102 Å². The van der Waals surface area contributed by atoms with Crippen LogP contribution in [0.5, 0.6) is 0 Å². The lowest BCUT2D eigenvalue weighted by atomic mass is 9.55. The molecule has 0 saturated carbocycles. The Labute approximate surface area is 258 Å². The van der Waals surface area contributed by atoms with Crippen LogP contribution in [0.15, 0.2) is 91.0 Å². The lowest BCUT2D eigenvalue weighted by Gasteiger charge is -2.45. The summed E-state index contributed by atoms with van der Waals surface area (Å²) in [6.07, 6.45) is 0. The van der Waals surface area contributed by atoms with Crippen molar-refractivity contribution in [1.29, 1.82) is 0 Å². The standard InChI is InChI=1S/C35H26Cl2N2O4/c1-18-11-13-20(14-12-18)32(40)19(2)38(33(41)26-16-15-21(36)17-27(26)37)39-34(42)30-28-22-7-3-4-8-23(22)29(31(30)35(39)43)25-10-6-5-9-24(25)28/h3-17,19,28-31H,1-2H3/t19-,28?,29?,30+,31+/m0/s1. The number of benzene rings is 4. The third-order valence-corrected chi connectivity index (χ3v) is 9.64. The Morgan fingerprint density at radius 2 is 1.23 bits per heavy atom. The maximum atomic E-state index is 14.5. The van der Waals surface area contributed by atoms with Crippen LogP contribution in [0.1, 0.15) is 67.3 Å².